The van der Waals surface area contributed by atoms with Crippen molar-refractivity contribution in [3.8, 4) is 0 Å². The first-order valence-electron chi connectivity index (χ1n) is 9.49. The minimum absolute atomic E-state index is 0.341. The largest absolute Gasteiger partial charge is 0.308 e. The van der Waals surface area contributed by atoms with Gasteiger partial charge in [0.05, 0.1) is 0 Å². The van der Waals surface area contributed by atoms with E-state index in [1.54, 1.807) is 0 Å². The van der Waals surface area contributed by atoms with Crippen molar-refractivity contribution in [1.29, 1.82) is 0 Å². The maximum atomic E-state index is 3.90. The minimum Gasteiger partial charge on any atom is -0.308 e. The van der Waals surface area contributed by atoms with Crippen molar-refractivity contribution in [3.05, 3.63) is 0 Å². The molecule has 2 heteroatoms. The van der Waals surface area contributed by atoms with E-state index in [0.29, 0.717) is 11.1 Å². The lowest BCUT2D eigenvalue weighted by atomic mass is 9.82. The molecular weight excluding hydrogens is 256 g/mol. The number of piperazine rings is 1. The van der Waals surface area contributed by atoms with E-state index >= 15 is 0 Å². The predicted molar refractivity (Wildman–Crippen MR) is 94.9 cm³/mol. The monoisotopic (exact) mass is 296 g/mol. The Balaban J connectivity index is 2.80. The summed E-state index contributed by atoms with van der Waals surface area (Å²) in [5, 5.41) is 3.90. The summed E-state index contributed by atoms with van der Waals surface area (Å²) in [6.07, 6.45) is 9.18. The fourth-order valence-electron chi connectivity index (χ4n) is 3.69. The second-order valence-electron chi connectivity index (χ2n) is 7.49. The molecule has 1 saturated heterocycles. The standard InChI is InChI=1S/C19H40N2/c1-7-12-13-17(8-2)14-21-16-19(10-4,11-5)20-15-18(21,6)9-3/h17,20H,7-16H2,1-6H3. The Morgan fingerprint density at radius 3 is 2.19 bits per heavy atom. The molecule has 0 aromatic rings. The Labute approximate surface area is 134 Å². The van der Waals surface area contributed by atoms with E-state index in [4.69, 9.17) is 0 Å². The van der Waals surface area contributed by atoms with Gasteiger partial charge in [-0.15, -0.1) is 0 Å². The molecule has 21 heavy (non-hydrogen) atoms. The second kappa shape index (κ2) is 8.53. The summed E-state index contributed by atoms with van der Waals surface area (Å²) >= 11 is 0. The Morgan fingerprint density at radius 1 is 1.05 bits per heavy atom. The summed E-state index contributed by atoms with van der Waals surface area (Å²) in [7, 11) is 0. The molecule has 1 fully saturated rings. The fraction of sp³-hybridized carbons (Fsp3) is 1.00. The normalized spacial score (nSPS) is 27.7. The molecule has 0 spiro atoms. The first-order valence-corrected chi connectivity index (χ1v) is 9.49. The predicted octanol–water partition coefficient (Wildman–Crippen LogP) is 4.84. The van der Waals surface area contributed by atoms with Gasteiger partial charge in [-0.05, 0) is 38.5 Å². The molecule has 2 atom stereocenters. The van der Waals surface area contributed by atoms with Crippen LogP contribution < -0.4 is 5.32 Å². The Hall–Kier alpha value is -0.0800. The Morgan fingerprint density at radius 2 is 1.71 bits per heavy atom. The Bertz CT molecular complexity index is 285. The van der Waals surface area contributed by atoms with Gasteiger partial charge in [-0.2, -0.15) is 0 Å². The average Bonchev–Trinajstić information content (AvgIpc) is 2.53. The van der Waals surface area contributed by atoms with Crippen LogP contribution in [0.1, 0.15) is 86.5 Å². The summed E-state index contributed by atoms with van der Waals surface area (Å²) in [5.74, 6) is 0.875. The van der Waals surface area contributed by atoms with Gasteiger partial charge in [-0.1, -0.05) is 53.9 Å². The van der Waals surface area contributed by atoms with Crippen LogP contribution in [0.15, 0.2) is 0 Å². The van der Waals surface area contributed by atoms with Crippen LogP contribution in [0.3, 0.4) is 0 Å². The molecule has 0 bridgehead atoms. The molecule has 1 heterocycles. The van der Waals surface area contributed by atoms with E-state index in [0.717, 1.165) is 12.5 Å². The molecule has 2 unspecified atom stereocenters. The fourth-order valence-corrected chi connectivity index (χ4v) is 3.69. The van der Waals surface area contributed by atoms with Gasteiger partial charge in [0.1, 0.15) is 0 Å². The van der Waals surface area contributed by atoms with Crippen LogP contribution in [0, 0.1) is 5.92 Å². The van der Waals surface area contributed by atoms with Crippen LogP contribution in [-0.2, 0) is 0 Å². The van der Waals surface area contributed by atoms with Gasteiger partial charge in [0.25, 0.3) is 0 Å². The van der Waals surface area contributed by atoms with E-state index < -0.39 is 0 Å². The number of nitrogens with zero attached hydrogens (tertiary/aromatic N) is 1. The highest BCUT2D eigenvalue weighted by Crippen LogP contribution is 2.32. The molecule has 1 aliphatic rings. The molecule has 0 saturated carbocycles. The lowest BCUT2D eigenvalue weighted by Crippen LogP contribution is -2.69. The van der Waals surface area contributed by atoms with Crippen molar-refractivity contribution >= 4 is 0 Å². The molecule has 1 aliphatic heterocycles. The zero-order chi connectivity index (χ0) is 15.9. The number of hydrogen-bond acceptors (Lipinski definition) is 2. The van der Waals surface area contributed by atoms with Crippen molar-refractivity contribution in [2.75, 3.05) is 19.6 Å². The first kappa shape index (κ1) is 19.0. The average molecular weight is 297 g/mol. The third-order valence-corrected chi connectivity index (χ3v) is 6.24. The maximum Gasteiger partial charge on any atom is 0.0304 e. The minimum atomic E-state index is 0.341. The SMILES string of the molecule is CCCCC(CC)CN1CC(CC)(CC)NCC1(C)CC. The molecule has 2 nitrogen and oxygen atoms in total. The molecule has 126 valence electrons. The van der Waals surface area contributed by atoms with E-state index in [1.807, 2.05) is 0 Å². The molecule has 0 aliphatic carbocycles. The lowest BCUT2D eigenvalue weighted by Gasteiger charge is -2.54. The molecule has 0 aromatic carbocycles. The number of nitrogens with one attached hydrogen (secondary N) is 1. The van der Waals surface area contributed by atoms with Gasteiger partial charge in [0.2, 0.25) is 0 Å². The Kier molecular flexibility index (Phi) is 7.70. The molecule has 0 radical (unpaired) electrons. The van der Waals surface area contributed by atoms with Crippen LogP contribution in [0.25, 0.3) is 0 Å². The van der Waals surface area contributed by atoms with Crippen molar-refractivity contribution in [1.82, 2.24) is 10.2 Å². The summed E-state index contributed by atoms with van der Waals surface area (Å²) in [6.45, 7) is 17.9. The van der Waals surface area contributed by atoms with E-state index in [2.05, 4.69) is 51.8 Å². The van der Waals surface area contributed by atoms with Gasteiger partial charge in [-0.3, -0.25) is 4.90 Å². The topological polar surface area (TPSA) is 15.3 Å². The van der Waals surface area contributed by atoms with Crippen LogP contribution in [-0.4, -0.2) is 35.6 Å². The third-order valence-electron chi connectivity index (χ3n) is 6.24. The molecular formula is C19H40N2. The van der Waals surface area contributed by atoms with Crippen LogP contribution in [0.5, 0.6) is 0 Å². The molecule has 0 amide bonds. The molecule has 1 rings (SSSR count). The quantitative estimate of drug-likeness (QED) is 0.655. The van der Waals surface area contributed by atoms with Crippen molar-refractivity contribution in [2.24, 2.45) is 5.92 Å². The second-order valence-corrected chi connectivity index (χ2v) is 7.49. The molecule has 0 aromatic heterocycles. The van der Waals surface area contributed by atoms with Crippen molar-refractivity contribution in [3.63, 3.8) is 0 Å². The summed E-state index contributed by atoms with van der Waals surface area (Å²) in [4.78, 5) is 2.83. The van der Waals surface area contributed by atoms with Crippen molar-refractivity contribution < 1.29 is 0 Å². The smallest absolute Gasteiger partial charge is 0.0304 e. The van der Waals surface area contributed by atoms with Gasteiger partial charge in [-0.25, -0.2) is 0 Å². The van der Waals surface area contributed by atoms with E-state index in [-0.39, 0.29) is 0 Å². The van der Waals surface area contributed by atoms with Crippen LogP contribution >= 0.6 is 0 Å². The summed E-state index contributed by atoms with van der Waals surface area (Å²) in [5.41, 5.74) is 0.686. The third kappa shape index (κ3) is 4.69. The lowest BCUT2D eigenvalue weighted by molar-refractivity contribution is -0.00317. The number of hydrogen-bond donors (Lipinski definition) is 1. The highest BCUT2D eigenvalue weighted by molar-refractivity contribution is 5.02. The highest BCUT2D eigenvalue weighted by atomic mass is 15.3. The van der Waals surface area contributed by atoms with Crippen molar-refractivity contribution in [2.45, 2.75) is 97.6 Å². The van der Waals surface area contributed by atoms with E-state index in [9.17, 15) is 0 Å². The highest BCUT2D eigenvalue weighted by Gasteiger charge is 2.42. The number of rotatable bonds is 9. The van der Waals surface area contributed by atoms with Gasteiger partial charge in [0.15, 0.2) is 0 Å². The van der Waals surface area contributed by atoms with E-state index in [1.165, 1.54) is 58.0 Å². The summed E-state index contributed by atoms with van der Waals surface area (Å²) in [6, 6.07) is 0. The number of unbranched alkanes of at least 4 members (excludes halogenated alkanes) is 1. The van der Waals surface area contributed by atoms with Gasteiger partial charge < -0.3 is 5.32 Å². The zero-order valence-corrected chi connectivity index (χ0v) is 15.6. The van der Waals surface area contributed by atoms with Crippen LogP contribution in [0.4, 0.5) is 0 Å². The molecule has 1 N–H and O–H groups in total. The zero-order valence-electron chi connectivity index (χ0n) is 15.6. The first-order chi connectivity index (χ1) is 9.99. The maximum absolute atomic E-state index is 3.90. The summed E-state index contributed by atoms with van der Waals surface area (Å²) < 4.78 is 0. The van der Waals surface area contributed by atoms with Gasteiger partial charge >= 0.3 is 0 Å². The van der Waals surface area contributed by atoms with Crippen LogP contribution in [0.2, 0.25) is 0 Å². The van der Waals surface area contributed by atoms with Gasteiger partial charge in [0, 0.05) is 30.7 Å².